The first-order valence-electron chi connectivity index (χ1n) is 30.3. The molecule has 23 nitrogen and oxygen atoms in total. The lowest BCUT2D eigenvalue weighted by Gasteiger charge is -2.63. The summed E-state index contributed by atoms with van der Waals surface area (Å²) in [5.74, 6) is -12.4. The molecule has 0 bridgehead atoms. The third-order valence-electron chi connectivity index (χ3n) is 19.0. The summed E-state index contributed by atoms with van der Waals surface area (Å²) in [5, 5.41) is 14.5. The van der Waals surface area contributed by atoms with Crippen LogP contribution in [0, 0.1) is 40.1 Å². The normalized spacial score (nSPS) is 25.0. The lowest BCUT2D eigenvalue weighted by molar-refractivity contribution is -0.249. The van der Waals surface area contributed by atoms with Gasteiger partial charge in [0.2, 0.25) is 41.0 Å². The molecule has 0 spiro atoms. The molecule has 12 rings (SSSR count). The Hall–Kier alpha value is -9.61. The van der Waals surface area contributed by atoms with Crippen LogP contribution < -0.4 is 38.5 Å². The number of hydrogen-bond donors (Lipinski definition) is 4. The summed E-state index contributed by atoms with van der Waals surface area (Å²) in [6.45, 7) is 6.82. The number of aliphatic hydroxyl groups is 1. The van der Waals surface area contributed by atoms with Crippen molar-refractivity contribution in [2.75, 3.05) is 13.7 Å². The highest BCUT2D eigenvalue weighted by Gasteiger charge is 2.80. The van der Waals surface area contributed by atoms with Crippen LogP contribution >= 0.6 is 23.2 Å². The number of ketones is 2. The summed E-state index contributed by atoms with van der Waals surface area (Å²) in [5.41, 5.74) is -11.7. The number of carbonyl (C=O) groups is 6. The number of ether oxygens (including phenoxy) is 4. The maximum atomic E-state index is 17.5. The van der Waals surface area contributed by atoms with Crippen molar-refractivity contribution in [1.29, 1.82) is 0 Å². The number of H-pyrrole nitrogens is 3. The Balaban J connectivity index is 0.000000171. The zero-order chi connectivity index (χ0) is 71.5. The number of esters is 1. The molecular weight excluding hydrogens is 1340 g/mol. The molecule has 98 heavy (non-hydrogen) atoms. The van der Waals surface area contributed by atoms with Gasteiger partial charge in [0.25, 0.3) is 16.7 Å². The monoisotopic (exact) mass is 1400 g/mol. The largest absolute Gasteiger partial charge is 0.497 e. The van der Waals surface area contributed by atoms with E-state index in [0.29, 0.717) is 60.9 Å². The third-order valence-corrected chi connectivity index (χ3v) is 19.7. The molecule has 4 aromatic carbocycles. The molecule has 3 saturated carbocycles. The lowest BCUT2D eigenvalue weighted by Crippen LogP contribution is -2.71. The molecule has 1 aliphatic heterocycles. The molecular formula is C68H61Cl2F5N6O17. The minimum Gasteiger partial charge on any atom is -0.497 e. The fourth-order valence-corrected chi connectivity index (χ4v) is 14.8. The van der Waals surface area contributed by atoms with Gasteiger partial charge in [-0.05, 0) is 128 Å². The average molecular weight is 1400 g/mol. The van der Waals surface area contributed by atoms with Crippen molar-refractivity contribution in [3.05, 3.63) is 234 Å². The van der Waals surface area contributed by atoms with E-state index < -0.39 is 164 Å². The SMILES string of the molecule is CC1(C)O[C@@H]2CC3C4C[C@H](F)C5=CC(=O)C=C[C@]5(C)[C@@]4(F)[C@@H](O)C[C@]3(C)[C@]2(C(=O)COC(=O)CC(=O)n2c(=O)[nH]cc(F)c2=O)O1.COc1ccc2cc([C@H](C)C(=O)n3cc(F)c(=O)[nH]c3=O)ccc2c1.O=C(Cc1ccccc1Cc1c(Cl)cccc1Cl)n1cc(F)c(=O)[nH]c1=O. The smallest absolute Gasteiger partial charge is 0.335 e. The van der Waals surface area contributed by atoms with Gasteiger partial charge in [-0.15, -0.1) is 0 Å². The van der Waals surface area contributed by atoms with E-state index in [9.17, 15) is 75.8 Å². The second kappa shape index (κ2) is 27.0. The number of aromatic amines is 3. The Morgan fingerprint density at radius 2 is 1.39 bits per heavy atom. The predicted molar refractivity (Wildman–Crippen MR) is 341 cm³/mol. The molecule has 3 aromatic heterocycles. The van der Waals surface area contributed by atoms with Gasteiger partial charge in [-0.3, -0.25) is 53.1 Å². The number of methoxy groups -OCH3 is 1. The Morgan fingerprint density at radius 1 is 0.765 bits per heavy atom. The number of fused-ring (bicyclic) bond motifs is 8. The molecule has 2 unspecified atom stereocenters. The Morgan fingerprint density at radius 3 is 2.05 bits per heavy atom. The summed E-state index contributed by atoms with van der Waals surface area (Å²) in [6.07, 6.45) is -0.884. The number of carbonyl (C=O) groups excluding carboxylic acids is 6. The van der Waals surface area contributed by atoms with Crippen LogP contribution in [0.5, 0.6) is 5.75 Å². The Labute approximate surface area is 560 Å². The minimum atomic E-state index is -2.42. The molecule has 10 atom stereocenters. The standard InChI is InChI=1S/C31H33F3N2O10.C19H13Cl2FN2O3.C18H15FN2O4/c1-27(2)45-22-9-15-16-8-18(32)17-7-14(37)5-6-28(17,3)30(16,34)20(38)11-29(15,4)31(22,46-27)21(39)13-44-24(41)10-23(40)36-25(42)19(33)12-35-26(36)43;20-14-6-3-7-15(21)13(14)8-11-4-1-2-5-12(11)9-17(25)24-10-16(22)18(26)23-19(24)27;1-10(17(23)21-9-15(19)16(22)20-18(21)24)11-3-4-13-8-14(25-2)6-5-12(13)7-11/h5-7,12,15-16,18,20,22,38H,8-11,13H2,1-4H3,(H,35,43);1-7,10H,8-9H2,(H,23,26,27);3-10H,1-2H3,(H,20,22,24)/t15?,16?,18-,20-,22+,28-,29-,30-,31+;;10-/m0.0/s1. The molecule has 4 aliphatic carbocycles. The number of rotatable bonds is 12. The molecule has 30 heteroatoms. The van der Waals surface area contributed by atoms with Crippen LogP contribution in [0.2, 0.25) is 10.0 Å². The number of hydrogen-bond acceptors (Lipinski definition) is 17. The van der Waals surface area contributed by atoms with E-state index in [2.05, 4.69) is 0 Å². The van der Waals surface area contributed by atoms with Crippen molar-refractivity contribution < 1.29 is 74.8 Å². The molecule has 7 aromatic rings. The van der Waals surface area contributed by atoms with E-state index in [0.717, 1.165) is 34.2 Å². The molecule has 0 radical (unpaired) electrons. The zero-order valence-corrected chi connectivity index (χ0v) is 54.4. The number of allylic oxidation sites excluding steroid dienone is 4. The van der Waals surface area contributed by atoms with Crippen molar-refractivity contribution in [1.82, 2.24) is 28.7 Å². The van der Waals surface area contributed by atoms with Gasteiger partial charge < -0.3 is 29.0 Å². The van der Waals surface area contributed by atoms with E-state index in [4.69, 9.17) is 42.1 Å². The molecule has 4 N–H and O–H groups in total. The molecule has 1 saturated heterocycles. The molecule has 514 valence electrons. The van der Waals surface area contributed by atoms with Gasteiger partial charge in [0.15, 0.2) is 29.4 Å². The first-order valence-corrected chi connectivity index (χ1v) is 31.1. The third kappa shape index (κ3) is 12.9. The van der Waals surface area contributed by atoms with Gasteiger partial charge >= 0.3 is 23.0 Å². The van der Waals surface area contributed by atoms with Gasteiger partial charge in [0.05, 0.1) is 44.1 Å². The number of benzene rings is 4. The molecule has 4 heterocycles. The summed E-state index contributed by atoms with van der Waals surface area (Å²) in [4.78, 5) is 151. The highest BCUT2D eigenvalue weighted by Crippen LogP contribution is 2.72. The fourth-order valence-electron chi connectivity index (χ4n) is 14.3. The zero-order valence-electron chi connectivity index (χ0n) is 52.9. The maximum Gasteiger partial charge on any atom is 0.335 e. The van der Waals surface area contributed by atoms with Crippen LogP contribution in [0.4, 0.5) is 22.0 Å². The topological polar surface area (TPSA) is 324 Å². The van der Waals surface area contributed by atoms with E-state index in [1.807, 2.05) is 35.3 Å². The van der Waals surface area contributed by atoms with E-state index in [-0.39, 0.29) is 35.8 Å². The van der Waals surface area contributed by atoms with Crippen LogP contribution in [0.25, 0.3) is 10.8 Å². The first-order chi connectivity index (χ1) is 46.1. The lowest BCUT2D eigenvalue weighted by atomic mass is 9.44. The van der Waals surface area contributed by atoms with Crippen LogP contribution in [0.1, 0.15) is 103 Å². The van der Waals surface area contributed by atoms with Crippen LogP contribution in [0.3, 0.4) is 0 Å². The number of nitrogens with zero attached hydrogens (tertiary/aromatic N) is 3. The Bertz CT molecular complexity index is 4910. The van der Waals surface area contributed by atoms with Gasteiger partial charge in [0.1, 0.15) is 18.3 Å². The highest BCUT2D eigenvalue weighted by molar-refractivity contribution is 6.36. The van der Waals surface area contributed by atoms with Crippen molar-refractivity contribution in [3.8, 4) is 5.75 Å². The summed E-state index contributed by atoms with van der Waals surface area (Å²) < 4.78 is 97.4. The van der Waals surface area contributed by atoms with Crippen molar-refractivity contribution in [3.63, 3.8) is 0 Å². The van der Waals surface area contributed by atoms with Crippen molar-refractivity contribution in [2.45, 2.75) is 114 Å². The number of alkyl halides is 2. The van der Waals surface area contributed by atoms with Crippen LogP contribution in [0.15, 0.2) is 150 Å². The average Bonchev–Trinajstić information content (AvgIpc) is 1.43. The quantitative estimate of drug-likeness (QED) is 0.0527. The van der Waals surface area contributed by atoms with E-state index >= 15 is 8.78 Å². The first kappa shape index (κ1) is 71.2. The van der Waals surface area contributed by atoms with Gasteiger partial charge in [-0.2, -0.15) is 17.7 Å². The van der Waals surface area contributed by atoms with E-state index in [1.165, 1.54) is 13.0 Å². The number of Topliss-reactive ketones (excluding diaryl/α,β-unsaturated/α-hetero) is 1. The highest BCUT2D eigenvalue weighted by atomic mass is 35.5. The van der Waals surface area contributed by atoms with Crippen LogP contribution in [-0.4, -0.2) is 118 Å². The summed E-state index contributed by atoms with van der Waals surface area (Å²) >= 11 is 12.4. The van der Waals surface area contributed by atoms with E-state index in [1.54, 1.807) is 93.3 Å². The fraction of sp³-hybridized carbons (Fsp3) is 0.353. The summed E-state index contributed by atoms with van der Waals surface area (Å²) in [7, 11) is 1.58. The second-order valence-electron chi connectivity index (χ2n) is 25.1. The van der Waals surface area contributed by atoms with Crippen LogP contribution in [-0.2, 0) is 41.4 Å². The number of halogens is 7. The maximum absolute atomic E-state index is 17.5. The number of nitrogens with one attached hydrogen (secondary N) is 3. The predicted octanol–water partition coefficient (Wildman–Crippen LogP) is 7.37. The van der Waals surface area contributed by atoms with Crippen molar-refractivity contribution >= 4 is 69.2 Å². The Kier molecular flexibility index (Phi) is 19.6. The van der Waals surface area contributed by atoms with Gasteiger partial charge in [0, 0.05) is 39.4 Å². The summed E-state index contributed by atoms with van der Waals surface area (Å²) in [6, 6.07) is 23.2. The number of aliphatic hydroxyl groups excluding tert-OH is 1. The molecule has 0 amide bonds. The van der Waals surface area contributed by atoms with Gasteiger partial charge in [-0.25, -0.2) is 32.3 Å². The minimum absolute atomic E-state index is 0.0386. The van der Waals surface area contributed by atoms with Crippen molar-refractivity contribution in [2.24, 2.45) is 22.7 Å². The number of aromatic nitrogens is 6. The molecule has 4 fully saturated rings. The van der Waals surface area contributed by atoms with Gasteiger partial charge in [-0.1, -0.05) is 90.8 Å². The molecule has 5 aliphatic rings. The second-order valence-corrected chi connectivity index (χ2v) is 26.0.